The van der Waals surface area contributed by atoms with Gasteiger partial charge in [-0.3, -0.25) is 4.79 Å². The minimum absolute atomic E-state index is 0.0317. The van der Waals surface area contributed by atoms with Crippen LogP contribution in [-0.4, -0.2) is 24.5 Å². The zero-order valence-electron chi connectivity index (χ0n) is 6.81. The standard InChI is InChI=1S/C7H15NO2/c1-6(9)4-10-5-7(2,3)8/h4-5,8H2,1-3H3. The SMILES string of the molecule is CC(=O)COCC(C)(C)N. The molecule has 0 amide bonds. The zero-order chi connectivity index (χ0) is 8.20. The largest absolute Gasteiger partial charge is 0.372 e. The molecule has 0 saturated carbocycles. The molecule has 3 heteroatoms. The molecule has 0 unspecified atom stereocenters. The molecule has 0 fully saturated rings. The lowest BCUT2D eigenvalue weighted by molar-refractivity contribution is -0.121. The van der Waals surface area contributed by atoms with Crippen molar-refractivity contribution in [3.8, 4) is 0 Å². The second-order valence-electron chi connectivity index (χ2n) is 3.18. The van der Waals surface area contributed by atoms with E-state index in [2.05, 4.69) is 0 Å². The van der Waals surface area contributed by atoms with Crippen LogP contribution in [0.15, 0.2) is 0 Å². The summed E-state index contributed by atoms with van der Waals surface area (Å²) >= 11 is 0. The minimum atomic E-state index is -0.338. The molecular formula is C7H15NO2. The van der Waals surface area contributed by atoms with Crippen molar-refractivity contribution in [2.24, 2.45) is 5.73 Å². The van der Waals surface area contributed by atoms with E-state index in [1.807, 2.05) is 13.8 Å². The number of carbonyl (C=O) groups is 1. The zero-order valence-corrected chi connectivity index (χ0v) is 6.81. The van der Waals surface area contributed by atoms with Gasteiger partial charge in [0, 0.05) is 5.54 Å². The van der Waals surface area contributed by atoms with Crippen LogP contribution >= 0.6 is 0 Å². The Morgan fingerprint density at radius 3 is 2.40 bits per heavy atom. The van der Waals surface area contributed by atoms with Crippen LogP contribution < -0.4 is 5.73 Å². The number of hydrogen-bond donors (Lipinski definition) is 1. The molecule has 2 N–H and O–H groups in total. The molecule has 0 aliphatic heterocycles. The topological polar surface area (TPSA) is 52.3 Å². The Bertz CT molecular complexity index is 115. The maximum Gasteiger partial charge on any atom is 0.155 e. The normalized spacial score (nSPS) is 11.6. The Kier molecular flexibility index (Phi) is 3.53. The summed E-state index contributed by atoms with van der Waals surface area (Å²) in [5.41, 5.74) is 5.25. The first kappa shape index (κ1) is 9.59. The first-order valence-electron chi connectivity index (χ1n) is 3.28. The molecule has 0 spiro atoms. The number of hydrogen-bond acceptors (Lipinski definition) is 3. The van der Waals surface area contributed by atoms with E-state index in [0.717, 1.165) is 0 Å². The maximum absolute atomic E-state index is 10.4. The third kappa shape index (κ3) is 7.59. The average molecular weight is 145 g/mol. The van der Waals surface area contributed by atoms with Crippen LogP contribution in [0.1, 0.15) is 20.8 Å². The summed E-state index contributed by atoms with van der Waals surface area (Å²) in [5, 5.41) is 0. The Morgan fingerprint density at radius 2 is 2.10 bits per heavy atom. The molecular weight excluding hydrogens is 130 g/mol. The molecule has 10 heavy (non-hydrogen) atoms. The van der Waals surface area contributed by atoms with E-state index in [0.29, 0.717) is 6.61 Å². The summed E-state index contributed by atoms with van der Waals surface area (Å²) in [6.07, 6.45) is 0. The Hall–Kier alpha value is -0.410. The number of ketones is 1. The second kappa shape index (κ2) is 3.68. The van der Waals surface area contributed by atoms with Gasteiger partial charge in [0.15, 0.2) is 5.78 Å². The molecule has 0 saturated heterocycles. The lowest BCUT2D eigenvalue weighted by Crippen LogP contribution is -2.37. The smallest absolute Gasteiger partial charge is 0.155 e. The first-order valence-corrected chi connectivity index (χ1v) is 3.28. The van der Waals surface area contributed by atoms with Crippen LogP contribution in [0.3, 0.4) is 0 Å². The maximum atomic E-state index is 10.4. The van der Waals surface area contributed by atoms with E-state index in [-0.39, 0.29) is 17.9 Å². The van der Waals surface area contributed by atoms with E-state index in [1.54, 1.807) is 0 Å². The van der Waals surface area contributed by atoms with Crippen molar-refractivity contribution < 1.29 is 9.53 Å². The molecule has 3 nitrogen and oxygen atoms in total. The highest BCUT2D eigenvalue weighted by Crippen LogP contribution is 1.96. The van der Waals surface area contributed by atoms with Crippen LogP contribution in [0.25, 0.3) is 0 Å². The van der Waals surface area contributed by atoms with Gasteiger partial charge in [0.1, 0.15) is 6.61 Å². The summed E-state index contributed by atoms with van der Waals surface area (Å²) < 4.78 is 4.98. The molecule has 60 valence electrons. The molecule has 0 aliphatic rings. The number of carbonyl (C=O) groups excluding carboxylic acids is 1. The number of ether oxygens (including phenoxy) is 1. The van der Waals surface area contributed by atoms with Gasteiger partial charge in [0.2, 0.25) is 0 Å². The summed E-state index contributed by atoms with van der Waals surface area (Å²) in [5.74, 6) is 0.0317. The molecule has 0 bridgehead atoms. The third-order valence-corrected chi connectivity index (χ3v) is 0.779. The molecule has 0 rings (SSSR count). The van der Waals surface area contributed by atoms with Crippen molar-refractivity contribution in [2.45, 2.75) is 26.3 Å². The summed E-state index contributed by atoms with van der Waals surface area (Å²) in [6, 6.07) is 0. The van der Waals surface area contributed by atoms with Crippen molar-refractivity contribution in [1.29, 1.82) is 0 Å². The van der Waals surface area contributed by atoms with Crippen molar-refractivity contribution in [3.63, 3.8) is 0 Å². The number of Topliss-reactive ketones (excluding diaryl/α,β-unsaturated/α-hetero) is 1. The van der Waals surface area contributed by atoms with Gasteiger partial charge in [0.25, 0.3) is 0 Å². The van der Waals surface area contributed by atoms with Gasteiger partial charge in [-0.25, -0.2) is 0 Å². The Balaban J connectivity index is 3.29. The van der Waals surface area contributed by atoms with Gasteiger partial charge in [-0.1, -0.05) is 0 Å². The fraction of sp³-hybridized carbons (Fsp3) is 0.857. The van der Waals surface area contributed by atoms with Gasteiger partial charge in [-0.2, -0.15) is 0 Å². The monoisotopic (exact) mass is 145 g/mol. The van der Waals surface area contributed by atoms with Crippen LogP contribution in [0, 0.1) is 0 Å². The fourth-order valence-corrected chi connectivity index (χ4v) is 0.458. The highest BCUT2D eigenvalue weighted by Gasteiger charge is 2.10. The lowest BCUT2D eigenvalue weighted by Gasteiger charge is -2.17. The van der Waals surface area contributed by atoms with Crippen LogP contribution in [0.4, 0.5) is 0 Å². The van der Waals surface area contributed by atoms with Crippen molar-refractivity contribution >= 4 is 5.78 Å². The summed E-state index contributed by atoms with van der Waals surface area (Å²) in [6.45, 7) is 5.79. The number of rotatable bonds is 4. The average Bonchev–Trinajstić information content (AvgIpc) is 1.59. The fourth-order valence-electron chi connectivity index (χ4n) is 0.458. The summed E-state index contributed by atoms with van der Waals surface area (Å²) in [7, 11) is 0. The minimum Gasteiger partial charge on any atom is -0.372 e. The second-order valence-corrected chi connectivity index (χ2v) is 3.18. The predicted molar refractivity (Wildman–Crippen MR) is 39.8 cm³/mol. The number of nitrogens with two attached hydrogens (primary N) is 1. The van der Waals surface area contributed by atoms with Gasteiger partial charge >= 0.3 is 0 Å². The van der Waals surface area contributed by atoms with Crippen molar-refractivity contribution in [3.05, 3.63) is 0 Å². The van der Waals surface area contributed by atoms with Gasteiger partial charge in [0.05, 0.1) is 6.61 Å². The van der Waals surface area contributed by atoms with Gasteiger partial charge in [-0.15, -0.1) is 0 Å². The van der Waals surface area contributed by atoms with Crippen LogP contribution in [0.5, 0.6) is 0 Å². The molecule has 0 aromatic rings. The van der Waals surface area contributed by atoms with Crippen molar-refractivity contribution in [1.82, 2.24) is 0 Å². The third-order valence-electron chi connectivity index (χ3n) is 0.779. The first-order chi connectivity index (χ1) is 4.42. The van der Waals surface area contributed by atoms with Gasteiger partial charge < -0.3 is 10.5 Å². The molecule has 0 heterocycles. The van der Waals surface area contributed by atoms with Crippen molar-refractivity contribution in [2.75, 3.05) is 13.2 Å². The quantitative estimate of drug-likeness (QED) is 0.620. The highest BCUT2D eigenvalue weighted by molar-refractivity contribution is 5.76. The lowest BCUT2D eigenvalue weighted by atomic mass is 10.1. The highest BCUT2D eigenvalue weighted by atomic mass is 16.5. The Labute approximate surface area is 61.5 Å². The van der Waals surface area contributed by atoms with Crippen LogP contribution in [-0.2, 0) is 9.53 Å². The molecule has 0 atom stereocenters. The van der Waals surface area contributed by atoms with Crippen LogP contribution in [0.2, 0.25) is 0 Å². The Morgan fingerprint density at radius 1 is 1.60 bits per heavy atom. The molecule has 0 radical (unpaired) electrons. The van der Waals surface area contributed by atoms with Gasteiger partial charge in [-0.05, 0) is 20.8 Å². The van der Waals surface area contributed by atoms with E-state index in [4.69, 9.17) is 10.5 Å². The molecule has 0 aromatic carbocycles. The molecule has 0 aliphatic carbocycles. The van der Waals surface area contributed by atoms with E-state index >= 15 is 0 Å². The predicted octanol–water partition coefficient (Wildman–Crippen LogP) is 0.329. The molecule has 0 aromatic heterocycles. The van der Waals surface area contributed by atoms with E-state index in [1.165, 1.54) is 6.92 Å². The van der Waals surface area contributed by atoms with E-state index in [9.17, 15) is 4.79 Å². The van der Waals surface area contributed by atoms with E-state index < -0.39 is 0 Å². The summed E-state index contributed by atoms with van der Waals surface area (Å²) in [4.78, 5) is 10.4.